The van der Waals surface area contributed by atoms with Crippen LogP contribution in [0.25, 0.3) is 0 Å². The molecule has 0 aliphatic carbocycles. The number of pyridine rings is 1. The first-order chi connectivity index (χ1) is 5.83. The predicted molar refractivity (Wildman–Crippen MR) is 45.7 cm³/mol. The molecule has 1 aromatic heterocycles. The lowest BCUT2D eigenvalue weighted by atomic mass is 10.4. The number of hydrogen-bond acceptors (Lipinski definition) is 2. The zero-order valence-electron chi connectivity index (χ0n) is 6.93. The highest BCUT2D eigenvalue weighted by molar-refractivity contribution is 5.15. The van der Waals surface area contributed by atoms with Crippen LogP contribution in [-0.4, -0.2) is 6.61 Å². The van der Waals surface area contributed by atoms with Crippen LogP contribution in [0.2, 0.25) is 0 Å². The van der Waals surface area contributed by atoms with Gasteiger partial charge < -0.3 is 9.94 Å². The fourth-order valence-electron chi connectivity index (χ4n) is 0.736. The minimum atomic E-state index is 0.541. The molecule has 0 fully saturated rings. The van der Waals surface area contributed by atoms with Gasteiger partial charge in [-0.15, -0.1) is 0 Å². The predicted octanol–water partition coefficient (Wildman–Crippen LogP) is 1.27. The number of nitrogens with zero attached hydrogens (tertiary/aromatic N) is 1. The van der Waals surface area contributed by atoms with E-state index < -0.39 is 0 Å². The van der Waals surface area contributed by atoms with Gasteiger partial charge in [0.15, 0.2) is 12.4 Å². The lowest BCUT2D eigenvalue weighted by Gasteiger charge is -2.01. The molecule has 0 radical (unpaired) electrons. The number of allylic oxidation sites excluding steroid dienone is 1. The van der Waals surface area contributed by atoms with Crippen molar-refractivity contribution in [2.45, 2.75) is 6.92 Å². The molecule has 3 nitrogen and oxygen atoms in total. The Morgan fingerprint density at radius 2 is 2.17 bits per heavy atom. The van der Waals surface area contributed by atoms with Crippen molar-refractivity contribution in [1.29, 1.82) is 0 Å². The Balaban J connectivity index is 2.47. The van der Waals surface area contributed by atoms with Crippen LogP contribution >= 0.6 is 0 Å². The largest absolute Gasteiger partial charge is 0.619 e. The van der Waals surface area contributed by atoms with Crippen molar-refractivity contribution in [3.8, 4) is 5.75 Å². The normalized spacial score (nSPS) is 10.4. The number of ether oxygens (including phenoxy) is 1. The molecule has 12 heavy (non-hydrogen) atoms. The first-order valence-corrected chi connectivity index (χ1v) is 3.75. The number of rotatable bonds is 3. The molecule has 64 valence electrons. The van der Waals surface area contributed by atoms with Gasteiger partial charge in [0, 0.05) is 12.1 Å². The van der Waals surface area contributed by atoms with Crippen LogP contribution in [0.5, 0.6) is 5.75 Å². The van der Waals surface area contributed by atoms with Crippen LogP contribution in [0.15, 0.2) is 36.7 Å². The van der Waals surface area contributed by atoms with Crippen molar-refractivity contribution in [3.63, 3.8) is 0 Å². The van der Waals surface area contributed by atoms with Gasteiger partial charge in [0.05, 0.1) is 0 Å². The summed E-state index contributed by atoms with van der Waals surface area (Å²) < 4.78 is 5.99. The molecule has 3 heteroatoms. The maximum absolute atomic E-state index is 10.6. The van der Waals surface area contributed by atoms with Crippen LogP contribution in [-0.2, 0) is 0 Å². The fourth-order valence-corrected chi connectivity index (χ4v) is 0.736. The van der Waals surface area contributed by atoms with Crippen LogP contribution in [0, 0.1) is 5.21 Å². The van der Waals surface area contributed by atoms with Crippen molar-refractivity contribution < 1.29 is 9.47 Å². The summed E-state index contributed by atoms with van der Waals surface area (Å²) in [6.45, 7) is 2.47. The van der Waals surface area contributed by atoms with E-state index >= 15 is 0 Å². The minimum absolute atomic E-state index is 0.541. The Labute approximate surface area is 71.5 Å². The van der Waals surface area contributed by atoms with E-state index in [2.05, 4.69) is 0 Å². The third-order valence-corrected chi connectivity index (χ3v) is 1.35. The van der Waals surface area contributed by atoms with E-state index in [1.165, 1.54) is 12.4 Å². The van der Waals surface area contributed by atoms with Crippen LogP contribution < -0.4 is 9.47 Å². The number of hydrogen-bond donors (Lipinski definition) is 0. The van der Waals surface area contributed by atoms with Crippen LogP contribution in [0.3, 0.4) is 0 Å². The van der Waals surface area contributed by atoms with Crippen molar-refractivity contribution in [2.75, 3.05) is 6.61 Å². The third kappa shape index (κ3) is 2.62. The topological polar surface area (TPSA) is 36.2 Å². The molecule has 0 bridgehead atoms. The Hall–Kier alpha value is -1.51. The van der Waals surface area contributed by atoms with Crippen molar-refractivity contribution in [2.24, 2.45) is 0 Å². The average Bonchev–Trinajstić information content (AvgIpc) is 2.09. The molecule has 0 amide bonds. The highest BCUT2D eigenvalue weighted by atomic mass is 16.5. The van der Waals surface area contributed by atoms with Gasteiger partial charge >= 0.3 is 0 Å². The summed E-state index contributed by atoms with van der Waals surface area (Å²) in [5.74, 6) is 0.709. The Morgan fingerprint density at radius 3 is 2.75 bits per heavy atom. The summed E-state index contributed by atoms with van der Waals surface area (Å²) in [6, 6.07) is 3.27. The van der Waals surface area contributed by atoms with Gasteiger partial charge in [-0.3, -0.25) is 0 Å². The Morgan fingerprint density at radius 1 is 1.50 bits per heavy atom. The molecule has 0 unspecified atom stereocenters. The maximum atomic E-state index is 10.6. The summed E-state index contributed by atoms with van der Waals surface area (Å²) in [7, 11) is 0. The molecule has 0 saturated carbocycles. The zero-order valence-corrected chi connectivity index (χ0v) is 6.93. The standard InChI is InChI=1S/C9H11NO2/c1-2-3-8-12-9-4-6-10(11)7-5-9/h2-7H,8H2,1H3/b3-2+. The molecular weight excluding hydrogens is 154 g/mol. The molecule has 1 rings (SSSR count). The Kier molecular flexibility index (Phi) is 3.14. The average molecular weight is 165 g/mol. The van der Waals surface area contributed by atoms with Crippen molar-refractivity contribution >= 4 is 0 Å². The number of aromatic nitrogens is 1. The molecule has 0 N–H and O–H groups in total. The van der Waals surface area contributed by atoms with Gasteiger partial charge in [-0.2, -0.15) is 4.73 Å². The third-order valence-electron chi connectivity index (χ3n) is 1.35. The van der Waals surface area contributed by atoms with Gasteiger partial charge in [-0.05, 0) is 6.92 Å². The van der Waals surface area contributed by atoms with E-state index in [0.717, 1.165) is 4.73 Å². The fraction of sp³-hybridized carbons (Fsp3) is 0.222. The van der Waals surface area contributed by atoms with Gasteiger partial charge in [0.25, 0.3) is 0 Å². The summed E-state index contributed by atoms with van der Waals surface area (Å²) in [5.41, 5.74) is 0. The highest BCUT2D eigenvalue weighted by Crippen LogP contribution is 2.05. The maximum Gasteiger partial charge on any atom is 0.184 e. The monoisotopic (exact) mass is 165 g/mol. The van der Waals surface area contributed by atoms with Crippen LogP contribution in [0.1, 0.15) is 6.92 Å². The summed E-state index contributed by atoms with van der Waals surface area (Å²) >= 11 is 0. The zero-order chi connectivity index (χ0) is 8.81. The van der Waals surface area contributed by atoms with Gasteiger partial charge in [0.2, 0.25) is 0 Å². The Bertz CT molecular complexity index is 254. The molecule has 1 heterocycles. The second kappa shape index (κ2) is 4.38. The van der Waals surface area contributed by atoms with Gasteiger partial charge in [-0.1, -0.05) is 12.2 Å². The van der Waals surface area contributed by atoms with Gasteiger partial charge in [-0.25, -0.2) is 0 Å². The molecule has 0 spiro atoms. The SMILES string of the molecule is C/C=C/COc1cc[n+]([O-])cc1. The summed E-state index contributed by atoms with van der Waals surface area (Å²) in [5, 5.41) is 10.6. The summed E-state index contributed by atoms with van der Waals surface area (Å²) in [6.07, 6.45) is 6.63. The smallest absolute Gasteiger partial charge is 0.184 e. The summed E-state index contributed by atoms with van der Waals surface area (Å²) in [4.78, 5) is 0. The van der Waals surface area contributed by atoms with Crippen molar-refractivity contribution in [3.05, 3.63) is 41.9 Å². The molecule has 0 saturated heterocycles. The second-order valence-electron chi connectivity index (χ2n) is 2.27. The van der Waals surface area contributed by atoms with Crippen molar-refractivity contribution in [1.82, 2.24) is 0 Å². The molecular formula is C9H11NO2. The van der Waals surface area contributed by atoms with E-state index in [4.69, 9.17) is 4.74 Å². The van der Waals surface area contributed by atoms with E-state index in [-0.39, 0.29) is 0 Å². The molecule has 1 aromatic rings. The molecule has 0 aromatic carbocycles. The first-order valence-electron chi connectivity index (χ1n) is 3.75. The lowest BCUT2D eigenvalue weighted by Crippen LogP contribution is -2.23. The molecule has 0 aliphatic heterocycles. The highest BCUT2D eigenvalue weighted by Gasteiger charge is 1.92. The van der Waals surface area contributed by atoms with E-state index in [0.29, 0.717) is 12.4 Å². The second-order valence-corrected chi connectivity index (χ2v) is 2.27. The minimum Gasteiger partial charge on any atom is -0.619 e. The quantitative estimate of drug-likeness (QED) is 0.384. The molecule has 0 atom stereocenters. The molecule has 0 aliphatic rings. The van der Waals surface area contributed by atoms with Gasteiger partial charge in [0.1, 0.15) is 12.4 Å². The first kappa shape index (κ1) is 8.59. The van der Waals surface area contributed by atoms with E-state index in [1.807, 2.05) is 19.1 Å². The van der Waals surface area contributed by atoms with Crippen LogP contribution in [0.4, 0.5) is 0 Å². The van der Waals surface area contributed by atoms with E-state index in [9.17, 15) is 5.21 Å². The van der Waals surface area contributed by atoms with E-state index in [1.54, 1.807) is 12.1 Å². The lowest BCUT2D eigenvalue weighted by molar-refractivity contribution is -0.605.